The zero-order chi connectivity index (χ0) is 11.4. The summed E-state index contributed by atoms with van der Waals surface area (Å²) in [6, 6.07) is 8.90. The van der Waals surface area contributed by atoms with Gasteiger partial charge < -0.3 is 9.84 Å². The SMILES string of the molecule is O=C(OC[C@@H]1C=C[C@@H](O)C1)c1ccccc1. The number of hydrogen-bond acceptors (Lipinski definition) is 3. The standard InChI is InChI=1S/C13H14O3/c14-12-7-6-10(8-12)9-16-13(15)11-4-2-1-3-5-11/h1-7,10,12,14H,8-9H2/t10-,12-/m1/s1. The molecule has 1 aromatic carbocycles. The molecule has 3 nitrogen and oxygen atoms in total. The Morgan fingerprint density at radius 2 is 2.06 bits per heavy atom. The minimum absolute atomic E-state index is 0.141. The summed E-state index contributed by atoms with van der Waals surface area (Å²) in [7, 11) is 0. The van der Waals surface area contributed by atoms with Gasteiger partial charge in [-0.25, -0.2) is 4.79 Å². The van der Waals surface area contributed by atoms with Gasteiger partial charge in [0.15, 0.2) is 0 Å². The third kappa shape index (κ3) is 2.70. The smallest absolute Gasteiger partial charge is 0.338 e. The van der Waals surface area contributed by atoms with Crippen molar-refractivity contribution in [2.24, 2.45) is 5.92 Å². The second-order valence-electron chi connectivity index (χ2n) is 3.91. The highest BCUT2D eigenvalue weighted by Gasteiger charge is 2.18. The number of aliphatic hydroxyl groups excluding tert-OH is 1. The van der Waals surface area contributed by atoms with Gasteiger partial charge in [-0.2, -0.15) is 0 Å². The highest BCUT2D eigenvalue weighted by Crippen LogP contribution is 2.18. The van der Waals surface area contributed by atoms with E-state index in [9.17, 15) is 9.90 Å². The van der Waals surface area contributed by atoms with Crippen molar-refractivity contribution in [3.05, 3.63) is 48.0 Å². The van der Waals surface area contributed by atoms with Crippen LogP contribution in [0.25, 0.3) is 0 Å². The lowest BCUT2D eigenvalue weighted by Crippen LogP contribution is -2.13. The first-order valence-electron chi connectivity index (χ1n) is 5.34. The molecule has 1 aliphatic rings. The molecule has 2 rings (SSSR count). The summed E-state index contributed by atoms with van der Waals surface area (Å²) in [5.74, 6) is -0.168. The molecule has 1 aromatic rings. The molecule has 0 amide bonds. The van der Waals surface area contributed by atoms with Gasteiger partial charge in [-0.15, -0.1) is 0 Å². The molecule has 0 heterocycles. The maximum Gasteiger partial charge on any atom is 0.338 e. The number of esters is 1. The van der Waals surface area contributed by atoms with E-state index in [1.165, 1.54) is 0 Å². The number of hydrogen-bond donors (Lipinski definition) is 1. The Hall–Kier alpha value is -1.61. The van der Waals surface area contributed by atoms with Crippen LogP contribution < -0.4 is 0 Å². The van der Waals surface area contributed by atoms with E-state index in [0.717, 1.165) is 0 Å². The molecule has 0 fully saturated rings. The third-order valence-electron chi connectivity index (χ3n) is 2.59. The predicted molar refractivity (Wildman–Crippen MR) is 60.0 cm³/mol. The topological polar surface area (TPSA) is 46.5 Å². The van der Waals surface area contributed by atoms with E-state index in [1.54, 1.807) is 30.3 Å². The second kappa shape index (κ2) is 4.94. The molecule has 84 valence electrons. The first-order valence-corrected chi connectivity index (χ1v) is 5.34. The molecular weight excluding hydrogens is 204 g/mol. The molecule has 0 aliphatic heterocycles. The van der Waals surface area contributed by atoms with E-state index in [2.05, 4.69) is 0 Å². The minimum atomic E-state index is -0.388. The van der Waals surface area contributed by atoms with Crippen LogP contribution in [0.5, 0.6) is 0 Å². The summed E-state index contributed by atoms with van der Waals surface area (Å²) >= 11 is 0. The molecule has 0 saturated carbocycles. The van der Waals surface area contributed by atoms with Gasteiger partial charge in [0, 0.05) is 5.92 Å². The van der Waals surface area contributed by atoms with Crippen LogP contribution in [0, 0.1) is 5.92 Å². The molecule has 0 bridgehead atoms. The van der Waals surface area contributed by atoms with Crippen LogP contribution in [-0.2, 0) is 4.74 Å². The van der Waals surface area contributed by atoms with Crippen molar-refractivity contribution >= 4 is 5.97 Å². The lowest BCUT2D eigenvalue weighted by Gasteiger charge is -2.09. The van der Waals surface area contributed by atoms with E-state index >= 15 is 0 Å². The summed E-state index contributed by atoms with van der Waals surface area (Å²) in [5.41, 5.74) is 0.560. The van der Waals surface area contributed by atoms with Crippen molar-refractivity contribution in [2.75, 3.05) is 6.61 Å². The van der Waals surface area contributed by atoms with Crippen molar-refractivity contribution in [3.63, 3.8) is 0 Å². The second-order valence-corrected chi connectivity index (χ2v) is 3.91. The summed E-state index contributed by atoms with van der Waals surface area (Å²) in [4.78, 5) is 11.6. The molecule has 3 heteroatoms. The molecule has 1 N–H and O–H groups in total. The quantitative estimate of drug-likeness (QED) is 0.621. The Kier molecular flexibility index (Phi) is 3.37. The van der Waals surface area contributed by atoms with Gasteiger partial charge >= 0.3 is 5.97 Å². The number of carbonyl (C=O) groups excluding carboxylic acids is 1. The van der Waals surface area contributed by atoms with E-state index in [-0.39, 0.29) is 18.0 Å². The van der Waals surface area contributed by atoms with Crippen molar-refractivity contribution in [1.82, 2.24) is 0 Å². The minimum Gasteiger partial charge on any atom is -0.461 e. The Balaban J connectivity index is 1.83. The summed E-state index contributed by atoms with van der Waals surface area (Å²) in [6.07, 6.45) is 3.88. The first kappa shape index (κ1) is 10.9. The number of carbonyl (C=O) groups is 1. The number of benzene rings is 1. The number of aliphatic hydroxyl groups is 1. The lowest BCUT2D eigenvalue weighted by atomic mass is 10.1. The van der Waals surface area contributed by atoms with Crippen LogP contribution in [0.4, 0.5) is 0 Å². The van der Waals surface area contributed by atoms with Gasteiger partial charge in [0.05, 0.1) is 18.3 Å². The monoisotopic (exact) mass is 218 g/mol. The van der Waals surface area contributed by atoms with Crippen LogP contribution in [0.2, 0.25) is 0 Å². The molecule has 0 spiro atoms. The molecule has 0 unspecified atom stereocenters. The highest BCUT2D eigenvalue weighted by molar-refractivity contribution is 5.89. The largest absolute Gasteiger partial charge is 0.461 e. The Labute approximate surface area is 94.4 Å². The normalized spacial score (nSPS) is 23.3. The van der Waals surface area contributed by atoms with Gasteiger partial charge in [0.2, 0.25) is 0 Å². The molecular formula is C13H14O3. The number of rotatable bonds is 3. The Morgan fingerprint density at radius 1 is 1.31 bits per heavy atom. The van der Waals surface area contributed by atoms with Gasteiger partial charge in [-0.3, -0.25) is 0 Å². The lowest BCUT2D eigenvalue weighted by molar-refractivity contribution is 0.0448. The third-order valence-corrected chi connectivity index (χ3v) is 2.59. The van der Waals surface area contributed by atoms with Crippen LogP contribution in [0.3, 0.4) is 0 Å². The van der Waals surface area contributed by atoms with Gasteiger partial charge in [0.25, 0.3) is 0 Å². The number of ether oxygens (including phenoxy) is 1. The van der Waals surface area contributed by atoms with E-state index in [1.807, 2.05) is 12.1 Å². The van der Waals surface area contributed by atoms with Crippen LogP contribution in [-0.4, -0.2) is 23.8 Å². The van der Waals surface area contributed by atoms with E-state index in [4.69, 9.17) is 4.74 Å². The molecule has 0 aromatic heterocycles. The fourth-order valence-electron chi connectivity index (χ4n) is 1.72. The predicted octanol–water partition coefficient (Wildman–Crippen LogP) is 1.78. The average Bonchev–Trinajstić information content (AvgIpc) is 2.73. The van der Waals surface area contributed by atoms with Gasteiger partial charge in [-0.05, 0) is 18.6 Å². The zero-order valence-corrected chi connectivity index (χ0v) is 8.87. The van der Waals surface area contributed by atoms with Crippen LogP contribution in [0.15, 0.2) is 42.5 Å². The van der Waals surface area contributed by atoms with Crippen LogP contribution >= 0.6 is 0 Å². The van der Waals surface area contributed by atoms with Crippen molar-refractivity contribution < 1.29 is 14.6 Å². The van der Waals surface area contributed by atoms with Crippen LogP contribution in [0.1, 0.15) is 16.8 Å². The highest BCUT2D eigenvalue weighted by atomic mass is 16.5. The van der Waals surface area contributed by atoms with E-state index < -0.39 is 0 Å². The summed E-state index contributed by atoms with van der Waals surface area (Å²) < 4.78 is 5.16. The first-order chi connectivity index (χ1) is 7.75. The fourth-order valence-corrected chi connectivity index (χ4v) is 1.72. The molecule has 1 aliphatic carbocycles. The molecule has 0 saturated heterocycles. The summed E-state index contributed by atoms with van der Waals surface area (Å²) in [5, 5.41) is 9.25. The van der Waals surface area contributed by atoms with E-state index in [0.29, 0.717) is 18.6 Å². The molecule has 0 radical (unpaired) electrons. The fraction of sp³-hybridized carbons (Fsp3) is 0.308. The summed E-state index contributed by atoms with van der Waals surface area (Å²) in [6.45, 7) is 0.335. The molecule has 16 heavy (non-hydrogen) atoms. The van der Waals surface area contributed by atoms with Crippen molar-refractivity contribution in [1.29, 1.82) is 0 Å². The van der Waals surface area contributed by atoms with Gasteiger partial charge in [0.1, 0.15) is 0 Å². The van der Waals surface area contributed by atoms with Crippen molar-refractivity contribution in [2.45, 2.75) is 12.5 Å². The van der Waals surface area contributed by atoms with Crippen molar-refractivity contribution in [3.8, 4) is 0 Å². The Bertz CT molecular complexity index is 383. The maximum absolute atomic E-state index is 11.6. The molecule has 2 atom stereocenters. The maximum atomic E-state index is 11.6. The average molecular weight is 218 g/mol. The zero-order valence-electron chi connectivity index (χ0n) is 8.87. The van der Waals surface area contributed by atoms with Gasteiger partial charge in [-0.1, -0.05) is 30.4 Å². The Morgan fingerprint density at radius 3 is 2.69 bits per heavy atom.